The topological polar surface area (TPSA) is 100.0 Å². The molecule has 1 aromatic carbocycles. The Bertz CT molecular complexity index is 945. The van der Waals surface area contributed by atoms with Gasteiger partial charge in [0.15, 0.2) is 11.4 Å². The Hall–Kier alpha value is -3.18. The van der Waals surface area contributed by atoms with E-state index in [0.717, 1.165) is 11.1 Å². The number of nitrogens with zero attached hydrogens (tertiary/aromatic N) is 5. The normalized spacial score (nSPS) is 11.2. The number of rotatable bonds is 3. The van der Waals surface area contributed by atoms with Crippen molar-refractivity contribution in [2.45, 2.75) is 6.92 Å². The van der Waals surface area contributed by atoms with Gasteiger partial charge in [-0.25, -0.2) is 4.99 Å². The molecule has 124 valence electrons. The molecule has 3 rings (SSSR count). The van der Waals surface area contributed by atoms with Gasteiger partial charge >= 0.3 is 0 Å². The number of aliphatic imine (C=N–C) groups is 1. The summed E-state index contributed by atoms with van der Waals surface area (Å²) in [7, 11) is 0. The molecule has 0 saturated carbocycles. The molecule has 0 unspecified atom stereocenters. The van der Waals surface area contributed by atoms with Crippen LogP contribution in [0.3, 0.4) is 0 Å². The molecule has 2 aromatic heterocycles. The van der Waals surface area contributed by atoms with Crippen molar-refractivity contribution >= 4 is 22.6 Å². The number of aryl methyl sites for hydroxylation is 1. The van der Waals surface area contributed by atoms with Gasteiger partial charge in [0, 0.05) is 18.0 Å². The van der Waals surface area contributed by atoms with Crippen LogP contribution in [-0.2, 0) is 0 Å². The fourth-order valence-electron chi connectivity index (χ4n) is 2.14. The van der Waals surface area contributed by atoms with Gasteiger partial charge in [-0.3, -0.25) is 10.3 Å². The van der Waals surface area contributed by atoms with E-state index >= 15 is 0 Å². The van der Waals surface area contributed by atoms with Gasteiger partial charge in [-0.2, -0.15) is 5.26 Å². The summed E-state index contributed by atoms with van der Waals surface area (Å²) in [6.45, 7) is 1.97. The first-order chi connectivity index (χ1) is 12.2. The molecule has 0 fully saturated rings. The smallest absolute Gasteiger partial charge is 0.250 e. The second-order valence-electron chi connectivity index (χ2n) is 5.03. The maximum Gasteiger partial charge on any atom is 0.250 e. The first-order valence-electron chi connectivity index (χ1n) is 7.34. The number of hydrogen-bond donors (Lipinski definition) is 1. The molecule has 3 aromatic rings. The highest BCUT2D eigenvalue weighted by molar-refractivity contribution is 8.13. The minimum absolute atomic E-state index is 0.367. The van der Waals surface area contributed by atoms with Crippen molar-refractivity contribution in [3.8, 4) is 29.1 Å². The second-order valence-corrected chi connectivity index (χ2v) is 5.82. The Balaban J connectivity index is 2.04. The van der Waals surface area contributed by atoms with Crippen molar-refractivity contribution < 1.29 is 4.42 Å². The van der Waals surface area contributed by atoms with E-state index in [1.54, 1.807) is 24.5 Å². The van der Waals surface area contributed by atoms with Crippen LogP contribution >= 0.6 is 11.8 Å². The SMILES string of the molecule is CSC(=Nc1ccc(C)cc1-c1nnc(-c2ccncc2)o1)NC#N. The largest absolute Gasteiger partial charge is 0.416 e. The van der Waals surface area contributed by atoms with Gasteiger partial charge in [0.05, 0.1) is 11.3 Å². The van der Waals surface area contributed by atoms with E-state index in [1.165, 1.54) is 11.8 Å². The van der Waals surface area contributed by atoms with Crippen molar-refractivity contribution in [2.24, 2.45) is 4.99 Å². The minimum Gasteiger partial charge on any atom is -0.416 e. The lowest BCUT2D eigenvalue weighted by Crippen LogP contribution is -2.12. The van der Waals surface area contributed by atoms with E-state index in [0.29, 0.717) is 28.2 Å². The number of amidine groups is 1. The summed E-state index contributed by atoms with van der Waals surface area (Å²) in [6, 6.07) is 9.32. The predicted octanol–water partition coefficient (Wildman–Crippen LogP) is 3.53. The van der Waals surface area contributed by atoms with Crippen molar-refractivity contribution in [3.63, 3.8) is 0 Å². The maximum absolute atomic E-state index is 8.80. The average Bonchev–Trinajstić information content (AvgIpc) is 3.13. The summed E-state index contributed by atoms with van der Waals surface area (Å²) in [4.78, 5) is 8.45. The van der Waals surface area contributed by atoms with Gasteiger partial charge in [0.2, 0.25) is 11.8 Å². The fraction of sp³-hybridized carbons (Fsp3) is 0.118. The van der Waals surface area contributed by atoms with Gasteiger partial charge < -0.3 is 4.42 Å². The Morgan fingerprint density at radius 3 is 2.68 bits per heavy atom. The van der Waals surface area contributed by atoms with E-state index in [-0.39, 0.29) is 0 Å². The number of pyridine rings is 1. The van der Waals surface area contributed by atoms with Gasteiger partial charge in [-0.15, -0.1) is 10.2 Å². The van der Waals surface area contributed by atoms with E-state index < -0.39 is 0 Å². The lowest BCUT2D eigenvalue weighted by Gasteiger charge is -2.05. The van der Waals surface area contributed by atoms with Crippen LogP contribution in [0.2, 0.25) is 0 Å². The van der Waals surface area contributed by atoms with Crippen molar-refractivity contribution in [3.05, 3.63) is 48.3 Å². The van der Waals surface area contributed by atoms with Gasteiger partial charge in [0.25, 0.3) is 0 Å². The third-order valence-electron chi connectivity index (χ3n) is 3.31. The van der Waals surface area contributed by atoms with Crippen molar-refractivity contribution in [2.75, 3.05) is 6.26 Å². The van der Waals surface area contributed by atoms with E-state index in [9.17, 15) is 0 Å². The first kappa shape index (κ1) is 16.7. The number of hydrogen-bond acceptors (Lipinski definition) is 7. The molecule has 0 aliphatic heterocycles. The number of nitrogens with one attached hydrogen (secondary N) is 1. The molecule has 0 amide bonds. The molecular weight excluding hydrogens is 336 g/mol. The summed E-state index contributed by atoms with van der Waals surface area (Å²) in [6.07, 6.45) is 7.05. The number of nitriles is 1. The lowest BCUT2D eigenvalue weighted by molar-refractivity contribution is 0.584. The van der Waals surface area contributed by atoms with E-state index in [4.69, 9.17) is 9.68 Å². The Morgan fingerprint density at radius 2 is 1.96 bits per heavy atom. The zero-order chi connectivity index (χ0) is 17.6. The Morgan fingerprint density at radius 1 is 1.20 bits per heavy atom. The lowest BCUT2D eigenvalue weighted by atomic mass is 10.1. The van der Waals surface area contributed by atoms with Gasteiger partial charge in [0.1, 0.15) is 0 Å². The van der Waals surface area contributed by atoms with Crippen LogP contribution in [0.15, 0.2) is 52.1 Å². The molecule has 2 heterocycles. The van der Waals surface area contributed by atoms with Crippen LogP contribution < -0.4 is 5.32 Å². The highest BCUT2D eigenvalue weighted by atomic mass is 32.2. The molecular formula is C17H14N6OS. The fourth-order valence-corrected chi connectivity index (χ4v) is 2.48. The van der Waals surface area contributed by atoms with Gasteiger partial charge in [-0.05, 0) is 37.4 Å². The summed E-state index contributed by atoms with van der Waals surface area (Å²) >= 11 is 1.34. The van der Waals surface area contributed by atoms with E-state index in [1.807, 2.05) is 37.6 Å². The summed E-state index contributed by atoms with van der Waals surface area (Å²) in [5, 5.41) is 20.1. The third-order valence-corrected chi connectivity index (χ3v) is 3.89. The average molecular weight is 350 g/mol. The molecule has 0 spiro atoms. The standard InChI is InChI=1S/C17H14N6OS/c1-11-3-4-14(21-17(25-2)20-10-18)13(9-11)16-23-22-15(24-16)12-5-7-19-8-6-12/h3-9H,1-2H3,(H,20,21). The molecule has 8 heteroatoms. The minimum atomic E-state index is 0.367. The molecule has 0 atom stereocenters. The van der Waals surface area contributed by atoms with E-state index in [2.05, 4.69) is 25.5 Å². The predicted molar refractivity (Wildman–Crippen MR) is 97.1 cm³/mol. The molecule has 7 nitrogen and oxygen atoms in total. The molecule has 0 aliphatic rings. The van der Waals surface area contributed by atoms with Crippen molar-refractivity contribution in [1.29, 1.82) is 5.26 Å². The van der Waals surface area contributed by atoms with Crippen LogP contribution in [0.4, 0.5) is 5.69 Å². The van der Waals surface area contributed by atoms with Crippen LogP contribution in [0.25, 0.3) is 22.9 Å². The monoisotopic (exact) mass is 350 g/mol. The first-order valence-corrected chi connectivity index (χ1v) is 8.56. The summed E-state index contributed by atoms with van der Waals surface area (Å²) in [5.41, 5.74) is 3.18. The molecule has 0 bridgehead atoms. The summed E-state index contributed by atoms with van der Waals surface area (Å²) in [5.74, 6) is 0.778. The van der Waals surface area contributed by atoms with Crippen molar-refractivity contribution in [1.82, 2.24) is 20.5 Å². The molecule has 0 saturated heterocycles. The highest BCUT2D eigenvalue weighted by Crippen LogP contribution is 2.32. The van der Waals surface area contributed by atoms with Crippen LogP contribution in [0, 0.1) is 18.4 Å². The molecule has 25 heavy (non-hydrogen) atoms. The quantitative estimate of drug-likeness (QED) is 0.334. The van der Waals surface area contributed by atoms with Crippen LogP contribution in [-0.4, -0.2) is 26.6 Å². The maximum atomic E-state index is 8.80. The number of aromatic nitrogens is 3. The second kappa shape index (κ2) is 7.59. The highest BCUT2D eigenvalue weighted by Gasteiger charge is 2.14. The van der Waals surface area contributed by atoms with Crippen LogP contribution in [0.5, 0.6) is 0 Å². The number of thioether (sulfide) groups is 1. The van der Waals surface area contributed by atoms with Gasteiger partial charge in [-0.1, -0.05) is 23.4 Å². The third kappa shape index (κ3) is 3.84. The zero-order valence-corrected chi connectivity index (χ0v) is 14.4. The zero-order valence-electron chi connectivity index (χ0n) is 13.6. The molecule has 1 N–H and O–H groups in total. The Labute approximate surface area is 148 Å². The number of benzene rings is 1. The summed E-state index contributed by atoms with van der Waals surface area (Å²) < 4.78 is 5.82. The molecule has 0 radical (unpaired) electrons. The van der Waals surface area contributed by atoms with Crippen LogP contribution in [0.1, 0.15) is 5.56 Å². The molecule has 0 aliphatic carbocycles. The Kier molecular flexibility index (Phi) is 5.06.